The van der Waals surface area contributed by atoms with Crippen LogP contribution < -0.4 is 0 Å². The zero-order valence-corrected chi connectivity index (χ0v) is 9.40. The molecular formula is C11H9N3O4. The molecule has 1 N–H and O–H groups in total. The number of amidine groups is 1. The van der Waals surface area contributed by atoms with Gasteiger partial charge in [-0.15, -0.1) is 0 Å². The number of aliphatic hydroxyl groups excluding tert-OH is 1. The third-order valence-electron chi connectivity index (χ3n) is 2.22. The van der Waals surface area contributed by atoms with E-state index in [4.69, 9.17) is 0 Å². The quantitative estimate of drug-likeness (QED) is 0.699. The number of hydrogen-bond acceptors (Lipinski definition) is 6. The molecule has 1 amide bonds. The molecular weight excluding hydrogens is 238 g/mol. The number of carbonyl (C=O) groups is 2. The summed E-state index contributed by atoms with van der Waals surface area (Å²) in [6.07, 6.45) is -0.189. The summed E-state index contributed by atoms with van der Waals surface area (Å²) in [7, 11) is 1.13. The highest BCUT2D eigenvalue weighted by atomic mass is 16.5. The Labute approximate surface area is 102 Å². The van der Waals surface area contributed by atoms with Crippen molar-refractivity contribution in [3.05, 3.63) is 30.1 Å². The summed E-state index contributed by atoms with van der Waals surface area (Å²) in [6.45, 7) is 0. The Bertz CT molecular complexity index is 551. The monoisotopic (exact) mass is 247 g/mol. The smallest absolute Gasteiger partial charge is 0.355 e. The van der Waals surface area contributed by atoms with E-state index < -0.39 is 23.7 Å². The molecule has 0 saturated heterocycles. The first kappa shape index (κ1) is 12.1. The molecule has 7 heteroatoms. The molecule has 1 aliphatic heterocycles. The Morgan fingerprint density at radius 2 is 2.17 bits per heavy atom. The first-order chi connectivity index (χ1) is 8.63. The fourth-order valence-electron chi connectivity index (χ4n) is 1.35. The zero-order valence-electron chi connectivity index (χ0n) is 9.40. The van der Waals surface area contributed by atoms with Crippen LogP contribution in [0.1, 0.15) is 5.69 Å². The molecule has 0 radical (unpaired) electrons. The summed E-state index contributed by atoms with van der Waals surface area (Å²) in [5.74, 6) is -1.77. The van der Waals surface area contributed by atoms with Gasteiger partial charge in [0.05, 0.1) is 7.11 Å². The molecule has 0 bridgehead atoms. The van der Waals surface area contributed by atoms with Crippen LogP contribution in [0.15, 0.2) is 34.4 Å². The third-order valence-corrected chi connectivity index (χ3v) is 2.22. The average Bonchev–Trinajstić information content (AvgIpc) is 2.41. The van der Waals surface area contributed by atoms with Gasteiger partial charge in [0, 0.05) is 6.20 Å². The SMILES string of the molecule is COC(=O)C1=NC(c2ccccn2)=NC(=O)C1O. The molecule has 18 heavy (non-hydrogen) atoms. The van der Waals surface area contributed by atoms with Crippen molar-refractivity contribution >= 4 is 23.4 Å². The Kier molecular flexibility index (Phi) is 3.24. The van der Waals surface area contributed by atoms with Gasteiger partial charge in [-0.05, 0) is 12.1 Å². The minimum atomic E-state index is -1.69. The lowest BCUT2D eigenvalue weighted by Crippen LogP contribution is -2.39. The van der Waals surface area contributed by atoms with Crippen LogP contribution in [0.3, 0.4) is 0 Å². The van der Waals surface area contributed by atoms with Gasteiger partial charge in [-0.25, -0.2) is 9.79 Å². The van der Waals surface area contributed by atoms with E-state index in [2.05, 4.69) is 19.7 Å². The van der Waals surface area contributed by atoms with Gasteiger partial charge in [0.1, 0.15) is 5.69 Å². The van der Waals surface area contributed by atoms with Crippen LogP contribution in [-0.2, 0) is 14.3 Å². The number of nitrogens with zero attached hydrogens (tertiary/aromatic N) is 3. The van der Waals surface area contributed by atoms with Crippen molar-refractivity contribution < 1.29 is 19.4 Å². The second kappa shape index (κ2) is 4.84. The number of hydrogen-bond donors (Lipinski definition) is 1. The second-order valence-electron chi connectivity index (χ2n) is 3.38. The van der Waals surface area contributed by atoms with Gasteiger partial charge in [-0.3, -0.25) is 9.78 Å². The fraction of sp³-hybridized carbons (Fsp3) is 0.182. The van der Waals surface area contributed by atoms with Crippen molar-refractivity contribution in [3.8, 4) is 0 Å². The first-order valence-electron chi connectivity index (χ1n) is 5.02. The lowest BCUT2D eigenvalue weighted by atomic mass is 10.1. The number of rotatable bonds is 2. The number of esters is 1. The lowest BCUT2D eigenvalue weighted by Gasteiger charge is -2.14. The predicted molar refractivity (Wildman–Crippen MR) is 61.2 cm³/mol. The molecule has 0 fully saturated rings. The van der Waals surface area contributed by atoms with Gasteiger partial charge < -0.3 is 9.84 Å². The largest absolute Gasteiger partial charge is 0.464 e. The van der Waals surface area contributed by atoms with Crippen molar-refractivity contribution in [2.45, 2.75) is 6.10 Å². The van der Waals surface area contributed by atoms with Crippen LogP contribution in [0.5, 0.6) is 0 Å². The molecule has 0 spiro atoms. The van der Waals surface area contributed by atoms with Gasteiger partial charge in [-0.1, -0.05) is 6.07 Å². The van der Waals surface area contributed by atoms with E-state index in [1.807, 2.05) is 0 Å². The standard InChI is InChI=1S/C11H9N3O4/c1-18-11(17)7-8(15)10(16)14-9(13-7)6-4-2-3-5-12-6/h2-5,8,15H,1H3. The molecule has 1 aromatic heterocycles. The van der Waals surface area contributed by atoms with Crippen molar-refractivity contribution in [2.75, 3.05) is 7.11 Å². The highest BCUT2D eigenvalue weighted by Gasteiger charge is 2.32. The van der Waals surface area contributed by atoms with E-state index in [0.717, 1.165) is 7.11 Å². The van der Waals surface area contributed by atoms with Crippen LogP contribution in [0, 0.1) is 0 Å². The number of amides is 1. The van der Waals surface area contributed by atoms with Crippen LogP contribution in [0.4, 0.5) is 0 Å². The maximum atomic E-state index is 11.5. The number of carbonyl (C=O) groups excluding carboxylic acids is 2. The van der Waals surface area contributed by atoms with Crippen molar-refractivity contribution in [1.82, 2.24) is 4.98 Å². The zero-order chi connectivity index (χ0) is 13.1. The normalized spacial score (nSPS) is 19.0. The van der Waals surface area contributed by atoms with Crippen LogP contribution in [0.2, 0.25) is 0 Å². The average molecular weight is 247 g/mol. The molecule has 7 nitrogen and oxygen atoms in total. The van der Waals surface area contributed by atoms with Gasteiger partial charge in [0.2, 0.25) is 0 Å². The molecule has 1 atom stereocenters. The number of aliphatic imine (C=N–C) groups is 2. The number of pyridine rings is 1. The number of aliphatic hydroxyl groups is 1. The molecule has 1 aliphatic rings. The van der Waals surface area contributed by atoms with E-state index in [1.165, 1.54) is 6.20 Å². The summed E-state index contributed by atoms with van der Waals surface area (Å²) in [6, 6.07) is 4.96. The van der Waals surface area contributed by atoms with Gasteiger partial charge in [-0.2, -0.15) is 4.99 Å². The lowest BCUT2D eigenvalue weighted by molar-refractivity contribution is -0.134. The highest BCUT2D eigenvalue weighted by molar-refractivity contribution is 6.45. The topological polar surface area (TPSA) is 101 Å². The van der Waals surface area contributed by atoms with Gasteiger partial charge in [0.15, 0.2) is 17.7 Å². The summed E-state index contributed by atoms with van der Waals surface area (Å²) in [5, 5.41) is 9.50. The Hall–Kier alpha value is -2.41. The summed E-state index contributed by atoms with van der Waals surface area (Å²) in [4.78, 5) is 34.2. The van der Waals surface area contributed by atoms with Crippen LogP contribution >= 0.6 is 0 Å². The summed E-state index contributed by atoms with van der Waals surface area (Å²) >= 11 is 0. The van der Waals surface area contributed by atoms with E-state index in [0.29, 0.717) is 5.69 Å². The molecule has 1 aromatic rings. The van der Waals surface area contributed by atoms with Crippen molar-refractivity contribution in [1.29, 1.82) is 0 Å². The second-order valence-corrected chi connectivity index (χ2v) is 3.38. The highest BCUT2D eigenvalue weighted by Crippen LogP contribution is 2.08. The Balaban J connectivity index is 2.44. The van der Waals surface area contributed by atoms with Crippen LogP contribution in [-0.4, -0.2) is 46.7 Å². The van der Waals surface area contributed by atoms with Crippen LogP contribution in [0.25, 0.3) is 0 Å². The first-order valence-corrected chi connectivity index (χ1v) is 5.02. The maximum Gasteiger partial charge on any atom is 0.355 e. The van der Waals surface area contributed by atoms with E-state index in [9.17, 15) is 14.7 Å². The molecule has 2 heterocycles. The molecule has 2 rings (SSSR count). The Morgan fingerprint density at radius 3 is 2.78 bits per heavy atom. The van der Waals surface area contributed by atoms with E-state index in [-0.39, 0.29) is 5.84 Å². The molecule has 0 aromatic carbocycles. The number of aromatic nitrogens is 1. The minimum absolute atomic E-state index is 0.0219. The van der Waals surface area contributed by atoms with Crippen molar-refractivity contribution in [2.24, 2.45) is 9.98 Å². The Morgan fingerprint density at radius 1 is 1.39 bits per heavy atom. The van der Waals surface area contributed by atoms with Crippen molar-refractivity contribution in [3.63, 3.8) is 0 Å². The van der Waals surface area contributed by atoms with E-state index >= 15 is 0 Å². The van der Waals surface area contributed by atoms with Gasteiger partial charge >= 0.3 is 5.97 Å². The summed E-state index contributed by atoms with van der Waals surface area (Å²) in [5.41, 5.74) is -0.0580. The summed E-state index contributed by atoms with van der Waals surface area (Å²) < 4.78 is 4.44. The minimum Gasteiger partial charge on any atom is -0.464 e. The van der Waals surface area contributed by atoms with E-state index in [1.54, 1.807) is 18.2 Å². The fourth-order valence-corrected chi connectivity index (χ4v) is 1.35. The van der Waals surface area contributed by atoms with Gasteiger partial charge in [0.25, 0.3) is 5.91 Å². The molecule has 92 valence electrons. The maximum absolute atomic E-state index is 11.5. The predicted octanol–water partition coefficient (Wildman–Crippen LogP) is -0.657. The molecule has 1 unspecified atom stereocenters. The third kappa shape index (κ3) is 2.16. The molecule has 0 saturated carbocycles. The number of ether oxygens (including phenoxy) is 1. The molecule has 0 aliphatic carbocycles. The number of methoxy groups -OCH3 is 1.